The van der Waals surface area contributed by atoms with E-state index in [2.05, 4.69) is 0 Å². The van der Waals surface area contributed by atoms with E-state index in [-0.39, 0.29) is 15.1 Å². The van der Waals surface area contributed by atoms with Crippen molar-refractivity contribution < 1.29 is 18.3 Å². The Morgan fingerprint density at radius 3 is 2.76 bits per heavy atom. The molecule has 0 saturated carbocycles. The van der Waals surface area contributed by atoms with Gasteiger partial charge in [-0.2, -0.15) is 4.31 Å². The standard InChI is InChI=1S/C13H13NO4S3/c15-13(16)11-5-6-12(20-11)21(17,18)14-7-1-3-9(14)10-4-2-8-19-10/h2,4-6,8-9H,1,3,7H2,(H,15,16). The van der Waals surface area contributed by atoms with Gasteiger partial charge in [0.15, 0.2) is 0 Å². The van der Waals surface area contributed by atoms with Gasteiger partial charge >= 0.3 is 5.97 Å². The van der Waals surface area contributed by atoms with E-state index in [0.29, 0.717) is 6.54 Å². The number of hydrogen-bond donors (Lipinski definition) is 1. The number of nitrogens with zero attached hydrogens (tertiary/aromatic N) is 1. The van der Waals surface area contributed by atoms with E-state index in [0.717, 1.165) is 29.1 Å². The van der Waals surface area contributed by atoms with Crippen LogP contribution in [0.4, 0.5) is 0 Å². The molecule has 1 unspecified atom stereocenters. The minimum absolute atomic E-state index is 0.0421. The van der Waals surface area contributed by atoms with Crippen molar-refractivity contribution in [2.45, 2.75) is 23.1 Å². The molecule has 8 heteroatoms. The predicted molar refractivity (Wildman–Crippen MR) is 81.5 cm³/mol. The zero-order valence-corrected chi connectivity index (χ0v) is 13.4. The molecule has 2 aromatic rings. The molecule has 1 atom stereocenters. The lowest BCUT2D eigenvalue weighted by Crippen LogP contribution is -2.29. The average molecular weight is 343 g/mol. The van der Waals surface area contributed by atoms with E-state index < -0.39 is 16.0 Å². The van der Waals surface area contributed by atoms with Crippen LogP contribution >= 0.6 is 22.7 Å². The Morgan fingerprint density at radius 2 is 2.14 bits per heavy atom. The summed E-state index contributed by atoms with van der Waals surface area (Å²) in [6.07, 6.45) is 1.62. The second-order valence-corrected chi connectivity index (χ2v) is 8.89. The van der Waals surface area contributed by atoms with Crippen LogP contribution in [-0.4, -0.2) is 30.3 Å². The molecule has 1 aliphatic heterocycles. The second-order valence-electron chi connectivity index (χ2n) is 4.71. The maximum absolute atomic E-state index is 12.7. The van der Waals surface area contributed by atoms with E-state index >= 15 is 0 Å². The van der Waals surface area contributed by atoms with Crippen LogP contribution in [-0.2, 0) is 10.0 Å². The first-order valence-corrected chi connectivity index (χ1v) is 9.52. The van der Waals surface area contributed by atoms with Gasteiger partial charge in [-0.3, -0.25) is 0 Å². The first kappa shape index (κ1) is 14.7. The Balaban J connectivity index is 1.95. The Bertz CT molecular complexity index is 748. The van der Waals surface area contributed by atoms with Gasteiger partial charge in [-0.15, -0.1) is 22.7 Å². The lowest BCUT2D eigenvalue weighted by Gasteiger charge is -2.22. The fourth-order valence-electron chi connectivity index (χ4n) is 2.48. The van der Waals surface area contributed by atoms with E-state index in [4.69, 9.17) is 5.11 Å². The topological polar surface area (TPSA) is 74.7 Å². The Labute approximate surface area is 130 Å². The highest BCUT2D eigenvalue weighted by Crippen LogP contribution is 2.39. The molecular formula is C13H13NO4S3. The molecule has 3 rings (SSSR count). The fourth-order valence-corrected chi connectivity index (χ4v) is 6.37. The number of carbonyl (C=O) groups is 1. The van der Waals surface area contributed by atoms with Crippen molar-refractivity contribution in [3.63, 3.8) is 0 Å². The summed E-state index contributed by atoms with van der Waals surface area (Å²) < 4.78 is 27.0. The minimum Gasteiger partial charge on any atom is -0.477 e. The third-order valence-electron chi connectivity index (χ3n) is 3.43. The molecule has 1 N–H and O–H groups in total. The average Bonchev–Trinajstić information content (AvgIpc) is 3.19. The molecule has 1 fully saturated rings. The summed E-state index contributed by atoms with van der Waals surface area (Å²) in [7, 11) is -3.63. The SMILES string of the molecule is O=C(O)c1ccc(S(=O)(=O)N2CCCC2c2cccs2)s1. The smallest absolute Gasteiger partial charge is 0.345 e. The van der Waals surface area contributed by atoms with Gasteiger partial charge in [0.2, 0.25) is 0 Å². The minimum atomic E-state index is -3.63. The molecule has 1 aliphatic rings. The van der Waals surface area contributed by atoms with Crippen LogP contribution in [0.2, 0.25) is 0 Å². The molecule has 0 aromatic carbocycles. The van der Waals surface area contributed by atoms with Crippen molar-refractivity contribution in [1.82, 2.24) is 4.31 Å². The third-order valence-corrected chi connectivity index (χ3v) is 7.85. The molecule has 0 aliphatic carbocycles. The lowest BCUT2D eigenvalue weighted by atomic mass is 10.2. The van der Waals surface area contributed by atoms with Crippen molar-refractivity contribution in [3.8, 4) is 0 Å². The highest BCUT2D eigenvalue weighted by atomic mass is 32.2. The highest BCUT2D eigenvalue weighted by Gasteiger charge is 2.37. The molecular weight excluding hydrogens is 330 g/mol. The van der Waals surface area contributed by atoms with Gasteiger partial charge in [-0.1, -0.05) is 6.07 Å². The molecule has 21 heavy (non-hydrogen) atoms. The zero-order valence-electron chi connectivity index (χ0n) is 10.9. The predicted octanol–water partition coefficient (Wildman–Crippen LogP) is 3.03. The summed E-state index contributed by atoms with van der Waals surface area (Å²) in [6, 6.07) is 6.45. The van der Waals surface area contributed by atoms with E-state index in [1.54, 1.807) is 11.3 Å². The van der Waals surface area contributed by atoms with Gasteiger partial charge in [0, 0.05) is 11.4 Å². The van der Waals surface area contributed by atoms with Gasteiger partial charge in [0.25, 0.3) is 10.0 Å². The summed E-state index contributed by atoms with van der Waals surface area (Å²) in [5, 5.41) is 10.9. The van der Waals surface area contributed by atoms with Crippen molar-refractivity contribution in [2.24, 2.45) is 0 Å². The molecule has 112 valence electrons. The van der Waals surface area contributed by atoms with Crippen LogP contribution in [0.15, 0.2) is 33.9 Å². The fraction of sp³-hybridized carbons (Fsp3) is 0.308. The Morgan fingerprint density at radius 1 is 1.33 bits per heavy atom. The summed E-state index contributed by atoms with van der Waals surface area (Å²) in [4.78, 5) is 12.0. The van der Waals surface area contributed by atoms with Gasteiger partial charge < -0.3 is 5.11 Å². The van der Waals surface area contributed by atoms with Crippen LogP contribution in [0, 0.1) is 0 Å². The monoisotopic (exact) mass is 343 g/mol. The van der Waals surface area contributed by atoms with E-state index in [1.165, 1.54) is 16.4 Å². The van der Waals surface area contributed by atoms with E-state index in [1.807, 2.05) is 17.5 Å². The Hall–Kier alpha value is -1.22. The maximum atomic E-state index is 12.7. The van der Waals surface area contributed by atoms with Gasteiger partial charge in [-0.25, -0.2) is 13.2 Å². The van der Waals surface area contributed by atoms with Crippen LogP contribution < -0.4 is 0 Å². The number of aromatic carboxylic acids is 1. The highest BCUT2D eigenvalue weighted by molar-refractivity contribution is 7.91. The quantitative estimate of drug-likeness (QED) is 0.926. The first-order chi connectivity index (χ1) is 10.00. The van der Waals surface area contributed by atoms with Crippen molar-refractivity contribution in [1.29, 1.82) is 0 Å². The van der Waals surface area contributed by atoms with Gasteiger partial charge in [-0.05, 0) is 36.4 Å². The molecule has 0 spiro atoms. The number of rotatable bonds is 4. The van der Waals surface area contributed by atoms with Crippen molar-refractivity contribution >= 4 is 38.7 Å². The summed E-state index contributed by atoms with van der Waals surface area (Å²) in [5.74, 6) is -1.10. The lowest BCUT2D eigenvalue weighted by molar-refractivity contribution is 0.0702. The number of carboxylic acids is 1. The van der Waals surface area contributed by atoms with Crippen LogP contribution in [0.3, 0.4) is 0 Å². The normalized spacial score (nSPS) is 19.9. The molecule has 2 aromatic heterocycles. The largest absolute Gasteiger partial charge is 0.477 e. The molecule has 1 saturated heterocycles. The van der Waals surface area contributed by atoms with Crippen molar-refractivity contribution in [2.75, 3.05) is 6.54 Å². The number of thiophene rings is 2. The summed E-state index contributed by atoms with van der Waals surface area (Å²) in [5.41, 5.74) is 0. The molecule has 0 amide bonds. The zero-order chi connectivity index (χ0) is 15.0. The number of carboxylic acid groups (broad SMARTS) is 1. The third kappa shape index (κ3) is 2.64. The summed E-state index contributed by atoms with van der Waals surface area (Å²) in [6.45, 7) is 0.477. The Kier molecular flexibility index (Phi) is 3.87. The maximum Gasteiger partial charge on any atom is 0.345 e. The van der Waals surface area contributed by atoms with Crippen LogP contribution in [0.5, 0.6) is 0 Å². The number of hydrogen-bond acceptors (Lipinski definition) is 5. The van der Waals surface area contributed by atoms with Crippen LogP contribution in [0.25, 0.3) is 0 Å². The van der Waals surface area contributed by atoms with Gasteiger partial charge in [0.05, 0.1) is 6.04 Å². The second kappa shape index (κ2) is 5.53. The molecule has 0 radical (unpaired) electrons. The number of sulfonamides is 1. The molecule has 5 nitrogen and oxygen atoms in total. The summed E-state index contributed by atoms with van der Waals surface area (Å²) >= 11 is 2.36. The van der Waals surface area contributed by atoms with Gasteiger partial charge in [0.1, 0.15) is 9.09 Å². The molecule has 3 heterocycles. The van der Waals surface area contributed by atoms with E-state index in [9.17, 15) is 13.2 Å². The van der Waals surface area contributed by atoms with Crippen LogP contribution in [0.1, 0.15) is 33.4 Å². The first-order valence-electron chi connectivity index (χ1n) is 6.38. The van der Waals surface area contributed by atoms with Crippen molar-refractivity contribution in [3.05, 3.63) is 39.4 Å². The molecule has 0 bridgehead atoms.